The molecule has 0 radical (unpaired) electrons. The highest BCUT2D eigenvalue weighted by atomic mass is 16.5. The molecule has 1 amide bonds. The van der Waals surface area contributed by atoms with E-state index in [1.54, 1.807) is 12.1 Å². The molecule has 0 bridgehead atoms. The molecule has 1 fully saturated rings. The van der Waals surface area contributed by atoms with Gasteiger partial charge in [0.05, 0.1) is 17.8 Å². The summed E-state index contributed by atoms with van der Waals surface area (Å²) in [5.74, 6) is 0.782. The highest BCUT2D eigenvalue weighted by Crippen LogP contribution is 2.23. The molecule has 0 spiro atoms. The molecule has 1 heterocycles. The fourth-order valence-corrected chi connectivity index (χ4v) is 3.16. The summed E-state index contributed by atoms with van der Waals surface area (Å²) < 4.78 is 5.79. The molecule has 2 aromatic carbocycles. The minimum Gasteiger partial charge on any atom is -0.492 e. The Hall–Kier alpha value is -3.04. The van der Waals surface area contributed by atoms with E-state index in [0.29, 0.717) is 18.7 Å². The third-order valence-corrected chi connectivity index (χ3v) is 4.50. The van der Waals surface area contributed by atoms with E-state index in [1.807, 2.05) is 36.4 Å². The summed E-state index contributed by atoms with van der Waals surface area (Å²) in [5, 5.41) is 20.3. The molecule has 1 unspecified atom stereocenters. The number of nitriles is 1. The second kappa shape index (κ2) is 8.37. The summed E-state index contributed by atoms with van der Waals surface area (Å²) in [7, 11) is 0. The van der Waals surface area contributed by atoms with Crippen LogP contribution in [0.2, 0.25) is 0 Å². The fraction of sp³-hybridized carbons (Fsp3) is 0.300. The Morgan fingerprint density at radius 2 is 1.85 bits per heavy atom. The Morgan fingerprint density at radius 3 is 2.46 bits per heavy atom. The van der Waals surface area contributed by atoms with Crippen LogP contribution < -0.4 is 10.1 Å². The maximum atomic E-state index is 10.8. The summed E-state index contributed by atoms with van der Waals surface area (Å²) in [6.07, 6.45) is 0.728. The Balaban J connectivity index is 1.51. The Kier molecular flexibility index (Phi) is 5.72. The molecule has 0 saturated carbocycles. The lowest BCUT2D eigenvalue weighted by molar-refractivity contribution is 0.151. The van der Waals surface area contributed by atoms with Crippen LogP contribution >= 0.6 is 0 Å². The molecule has 134 valence electrons. The number of carboxylic acid groups (broad SMARTS) is 1. The first-order valence-electron chi connectivity index (χ1n) is 8.62. The van der Waals surface area contributed by atoms with E-state index in [1.165, 1.54) is 0 Å². The van der Waals surface area contributed by atoms with Gasteiger partial charge in [0.25, 0.3) is 0 Å². The Bertz CT molecular complexity index is 781. The summed E-state index contributed by atoms with van der Waals surface area (Å²) >= 11 is 0. The van der Waals surface area contributed by atoms with Crippen LogP contribution in [0.25, 0.3) is 11.1 Å². The van der Waals surface area contributed by atoms with Gasteiger partial charge >= 0.3 is 6.09 Å². The number of nitrogens with zero attached hydrogens (tertiary/aromatic N) is 2. The molecule has 0 aromatic heterocycles. The molecule has 1 atom stereocenters. The minimum absolute atomic E-state index is 0.116. The molecular formula is C20H21N3O3. The molecule has 2 aromatic rings. The van der Waals surface area contributed by atoms with Crippen molar-refractivity contribution in [1.82, 2.24) is 10.2 Å². The van der Waals surface area contributed by atoms with Crippen molar-refractivity contribution in [2.45, 2.75) is 19.0 Å². The second-order valence-electron chi connectivity index (χ2n) is 6.21. The molecule has 1 aliphatic heterocycles. The number of ether oxygens (including phenoxy) is 1. The first-order chi connectivity index (χ1) is 12.7. The first-order valence-corrected chi connectivity index (χ1v) is 8.62. The van der Waals surface area contributed by atoms with E-state index in [9.17, 15) is 4.79 Å². The average molecular weight is 351 g/mol. The lowest BCUT2D eigenvalue weighted by Crippen LogP contribution is -2.45. The zero-order valence-electron chi connectivity index (χ0n) is 14.4. The van der Waals surface area contributed by atoms with Crippen LogP contribution in [0.15, 0.2) is 48.5 Å². The van der Waals surface area contributed by atoms with Gasteiger partial charge in [-0.15, -0.1) is 0 Å². The van der Waals surface area contributed by atoms with E-state index in [-0.39, 0.29) is 6.17 Å². The predicted molar refractivity (Wildman–Crippen MR) is 97.8 cm³/mol. The highest BCUT2D eigenvalue weighted by Gasteiger charge is 2.25. The summed E-state index contributed by atoms with van der Waals surface area (Å²) in [5.41, 5.74) is 2.76. The first kappa shape index (κ1) is 17.8. The van der Waals surface area contributed by atoms with Gasteiger partial charge < -0.3 is 15.2 Å². The van der Waals surface area contributed by atoms with Gasteiger partial charge in [0, 0.05) is 13.1 Å². The topological polar surface area (TPSA) is 85.6 Å². The van der Waals surface area contributed by atoms with Crippen LogP contribution in [-0.2, 0) is 0 Å². The predicted octanol–water partition coefficient (Wildman–Crippen LogP) is 3.29. The number of hydrogen-bond acceptors (Lipinski definition) is 4. The zero-order chi connectivity index (χ0) is 18.4. The number of likely N-dealkylation sites (tertiary alicyclic amines) is 1. The fourth-order valence-electron chi connectivity index (χ4n) is 3.16. The van der Waals surface area contributed by atoms with Crippen molar-refractivity contribution in [1.29, 1.82) is 5.26 Å². The van der Waals surface area contributed by atoms with Crippen LogP contribution in [0, 0.1) is 11.3 Å². The Labute approximate surface area is 152 Å². The van der Waals surface area contributed by atoms with Crippen LogP contribution in [0.1, 0.15) is 18.4 Å². The third-order valence-electron chi connectivity index (χ3n) is 4.50. The molecule has 3 rings (SSSR count). The van der Waals surface area contributed by atoms with E-state index in [4.69, 9.17) is 15.1 Å². The molecule has 26 heavy (non-hydrogen) atoms. The van der Waals surface area contributed by atoms with Crippen LogP contribution in [0.4, 0.5) is 4.79 Å². The number of benzene rings is 2. The average Bonchev–Trinajstić information content (AvgIpc) is 3.09. The minimum atomic E-state index is -0.985. The van der Waals surface area contributed by atoms with Gasteiger partial charge in [-0.05, 0) is 48.2 Å². The Morgan fingerprint density at radius 1 is 1.19 bits per heavy atom. The van der Waals surface area contributed by atoms with E-state index in [0.717, 1.165) is 36.3 Å². The maximum Gasteiger partial charge on any atom is 0.405 e. The summed E-state index contributed by atoms with van der Waals surface area (Å²) in [4.78, 5) is 12.9. The number of nitrogens with one attached hydrogen (secondary N) is 1. The normalized spacial score (nSPS) is 16.8. The van der Waals surface area contributed by atoms with Crippen LogP contribution in [0.3, 0.4) is 0 Å². The monoisotopic (exact) mass is 351 g/mol. The van der Waals surface area contributed by atoms with Crippen molar-refractivity contribution in [2.75, 3.05) is 19.7 Å². The van der Waals surface area contributed by atoms with Gasteiger partial charge in [-0.3, -0.25) is 4.90 Å². The quantitative estimate of drug-likeness (QED) is 0.834. The van der Waals surface area contributed by atoms with Crippen molar-refractivity contribution in [3.63, 3.8) is 0 Å². The molecule has 2 N–H and O–H groups in total. The maximum absolute atomic E-state index is 10.8. The standard InChI is InChI=1S/C20H21N3O3/c21-14-15-3-5-16(6-4-15)17-7-9-18(10-8-17)26-13-12-23-11-1-2-19(23)22-20(24)25/h3-10,19,22H,1-2,11-13H2,(H,24,25). The van der Waals surface area contributed by atoms with Gasteiger partial charge in [-0.2, -0.15) is 5.26 Å². The van der Waals surface area contributed by atoms with Gasteiger partial charge in [0.15, 0.2) is 0 Å². The SMILES string of the molecule is N#Cc1ccc(-c2ccc(OCCN3CCCC3NC(=O)O)cc2)cc1. The lowest BCUT2D eigenvalue weighted by atomic mass is 10.0. The molecule has 1 saturated heterocycles. The van der Waals surface area contributed by atoms with Crippen molar-refractivity contribution in [3.8, 4) is 22.9 Å². The van der Waals surface area contributed by atoms with Crippen molar-refractivity contribution in [3.05, 3.63) is 54.1 Å². The summed E-state index contributed by atoms with van der Waals surface area (Å²) in [6.45, 7) is 2.07. The van der Waals surface area contributed by atoms with E-state index in [2.05, 4.69) is 16.3 Å². The highest BCUT2D eigenvalue weighted by molar-refractivity contribution is 5.65. The summed E-state index contributed by atoms with van der Waals surface area (Å²) in [6, 6.07) is 17.4. The zero-order valence-corrected chi connectivity index (χ0v) is 14.4. The van der Waals surface area contributed by atoms with Crippen LogP contribution in [-0.4, -0.2) is 42.0 Å². The van der Waals surface area contributed by atoms with Gasteiger partial charge in [-0.1, -0.05) is 24.3 Å². The van der Waals surface area contributed by atoms with E-state index >= 15 is 0 Å². The van der Waals surface area contributed by atoms with Crippen LogP contribution in [0.5, 0.6) is 5.75 Å². The smallest absolute Gasteiger partial charge is 0.405 e. The number of rotatable bonds is 6. The van der Waals surface area contributed by atoms with Gasteiger partial charge in [-0.25, -0.2) is 4.79 Å². The molecule has 6 nitrogen and oxygen atoms in total. The number of amides is 1. The van der Waals surface area contributed by atoms with Crippen molar-refractivity contribution in [2.24, 2.45) is 0 Å². The van der Waals surface area contributed by atoms with Gasteiger partial charge in [0.2, 0.25) is 0 Å². The number of carbonyl (C=O) groups is 1. The van der Waals surface area contributed by atoms with Crippen molar-refractivity contribution < 1.29 is 14.6 Å². The van der Waals surface area contributed by atoms with Gasteiger partial charge in [0.1, 0.15) is 12.4 Å². The van der Waals surface area contributed by atoms with Crippen molar-refractivity contribution >= 4 is 6.09 Å². The lowest BCUT2D eigenvalue weighted by Gasteiger charge is -2.24. The number of hydrogen-bond donors (Lipinski definition) is 2. The third kappa shape index (κ3) is 4.52. The second-order valence-corrected chi connectivity index (χ2v) is 6.21. The largest absolute Gasteiger partial charge is 0.492 e. The molecular weight excluding hydrogens is 330 g/mol. The molecule has 6 heteroatoms. The molecule has 1 aliphatic rings. The molecule has 0 aliphatic carbocycles. The van der Waals surface area contributed by atoms with E-state index < -0.39 is 6.09 Å².